The molecule has 0 rings (SSSR count). The van der Waals surface area contributed by atoms with Gasteiger partial charge in [-0.05, 0) is 19.8 Å². The predicted molar refractivity (Wildman–Crippen MR) is 65.6 cm³/mol. The molecule has 0 spiro atoms. The average molecular weight is 262 g/mol. The molecule has 0 saturated heterocycles. The van der Waals surface area contributed by atoms with Crippen LogP contribution in [0.2, 0.25) is 0 Å². The predicted octanol–water partition coefficient (Wildman–Crippen LogP) is 0.202. The highest BCUT2D eigenvalue weighted by Crippen LogP contribution is 1.89. The first-order valence-electron chi connectivity index (χ1n) is 5.91. The Morgan fingerprint density at radius 1 is 1.22 bits per heavy atom. The Labute approximate surface area is 107 Å². The lowest BCUT2D eigenvalue weighted by Gasteiger charge is -2.10. The van der Waals surface area contributed by atoms with Crippen molar-refractivity contribution in [2.24, 2.45) is 0 Å². The molecule has 0 aliphatic carbocycles. The second-order valence-corrected chi connectivity index (χ2v) is 3.77. The average Bonchev–Trinajstić information content (AvgIpc) is 2.32. The summed E-state index contributed by atoms with van der Waals surface area (Å²) in [5, 5.41) is 13.5. The van der Waals surface area contributed by atoms with Gasteiger partial charge in [-0.2, -0.15) is 0 Å². The standard InChI is InChI=1S/C11H22N2O5/c1-9(10(14)15)13-11(16)12-5-3-4-6-18-8-7-17-2/h9H,3-8H2,1-2H3,(H,14,15)(H2,12,13,16)/t9-/m0/s1. The first kappa shape index (κ1) is 16.7. The number of unbranched alkanes of at least 4 members (excludes halogenated alkanes) is 1. The molecular weight excluding hydrogens is 240 g/mol. The quantitative estimate of drug-likeness (QED) is 0.489. The smallest absolute Gasteiger partial charge is 0.325 e. The van der Waals surface area contributed by atoms with Crippen LogP contribution in [-0.4, -0.2) is 56.6 Å². The SMILES string of the molecule is COCCOCCCCNC(=O)N[C@@H](C)C(=O)O. The van der Waals surface area contributed by atoms with Crippen molar-refractivity contribution in [1.82, 2.24) is 10.6 Å². The zero-order valence-electron chi connectivity index (χ0n) is 10.9. The van der Waals surface area contributed by atoms with E-state index in [1.165, 1.54) is 6.92 Å². The number of amides is 2. The second kappa shape index (κ2) is 10.8. The van der Waals surface area contributed by atoms with Crippen LogP contribution in [0.15, 0.2) is 0 Å². The van der Waals surface area contributed by atoms with E-state index in [1.807, 2.05) is 0 Å². The molecule has 0 heterocycles. The number of urea groups is 1. The Morgan fingerprint density at radius 3 is 2.56 bits per heavy atom. The van der Waals surface area contributed by atoms with Gasteiger partial charge in [-0.1, -0.05) is 0 Å². The molecule has 0 unspecified atom stereocenters. The minimum absolute atomic E-state index is 0.467. The number of ether oxygens (including phenoxy) is 2. The van der Waals surface area contributed by atoms with Gasteiger partial charge in [-0.3, -0.25) is 4.79 Å². The van der Waals surface area contributed by atoms with Crippen LogP contribution in [0, 0.1) is 0 Å². The number of nitrogens with one attached hydrogen (secondary N) is 2. The summed E-state index contributed by atoms with van der Waals surface area (Å²) >= 11 is 0. The molecule has 0 aromatic carbocycles. The van der Waals surface area contributed by atoms with E-state index >= 15 is 0 Å². The minimum Gasteiger partial charge on any atom is -0.480 e. The second-order valence-electron chi connectivity index (χ2n) is 3.77. The number of aliphatic carboxylic acids is 1. The van der Waals surface area contributed by atoms with E-state index in [1.54, 1.807) is 7.11 Å². The molecular formula is C11H22N2O5. The van der Waals surface area contributed by atoms with Crippen LogP contribution in [0.3, 0.4) is 0 Å². The van der Waals surface area contributed by atoms with Crippen molar-refractivity contribution < 1.29 is 24.2 Å². The Balaban J connectivity index is 3.33. The highest BCUT2D eigenvalue weighted by Gasteiger charge is 2.12. The van der Waals surface area contributed by atoms with Gasteiger partial charge in [0.15, 0.2) is 0 Å². The van der Waals surface area contributed by atoms with E-state index in [9.17, 15) is 9.59 Å². The van der Waals surface area contributed by atoms with Gasteiger partial charge >= 0.3 is 12.0 Å². The van der Waals surface area contributed by atoms with Gasteiger partial charge < -0.3 is 25.2 Å². The fourth-order valence-corrected chi connectivity index (χ4v) is 1.08. The third kappa shape index (κ3) is 9.86. The van der Waals surface area contributed by atoms with E-state index in [0.29, 0.717) is 26.4 Å². The third-order valence-corrected chi connectivity index (χ3v) is 2.15. The molecule has 0 bridgehead atoms. The fraction of sp³-hybridized carbons (Fsp3) is 0.818. The molecule has 1 atom stereocenters. The van der Waals surface area contributed by atoms with Gasteiger partial charge in [0, 0.05) is 20.3 Å². The first-order valence-corrected chi connectivity index (χ1v) is 5.91. The highest BCUT2D eigenvalue weighted by atomic mass is 16.5. The fourth-order valence-electron chi connectivity index (χ4n) is 1.08. The number of carboxylic acid groups (broad SMARTS) is 1. The normalized spacial score (nSPS) is 11.9. The van der Waals surface area contributed by atoms with Crippen molar-refractivity contribution in [2.75, 3.05) is 33.5 Å². The number of carboxylic acids is 1. The summed E-state index contributed by atoms with van der Waals surface area (Å²) in [7, 11) is 1.62. The van der Waals surface area contributed by atoms with E-state index in [0.717, 1.165) is 12.8 Å². The van der Waals surface area contributed by atoms with E-state index in [-0.39, 0.29) is 0 Å². The molecule has 7 nitrogen and oxygen atoms in total. The molecule has 0 aliphatic heterocycles. The van der Waals surface area contributed by atoms with Crippen molar-refractivity contribution in [1.29, 1.82) is 0 Å². The van der Waals surface area contributed by atoms with Gasteiger partial charge in [0.2, 0.25) is 0 Å². The molecule has 2 amide bonds. The van der Waals surface area contributed by atoms with Crippen molar-refractivity contribution in [3.8, 4) is 0 Å². The molecule has 7 heteroatoms. The zero-order chi connectivity index (χ0) is 13.8. The maximum Gasteiger partial charge on any atom is 0.325 e. The first-order chi connectivity index (χ1) is 8.57. The molecule has 0 aromatic heterocycles. The molecule has 3 N–H and O–H groups in total. The molecule has 0 fully saturated rings. The van der Waals surface area contributed by atoms with E-state index < -0.39 is 18.0 Å². The van der Waals surface area contributed by atoms with Crippen molar-refractivity contribution in [3.05, 3.63) is 0 Å². The Hall–Kier alpha value is -1.34. The summed E-state index contributed by atoms with van der Waals surface area (Å²) in [4.78, 5) is 21.7. The summed E-state index contributed by atoms with van der Waals surface area (Å²) < 4.78 is 10.1. The Kier molecular flexibility index (Phi) is 9.99. The lowest BCUT2D eigenvalue weighted by Crippen LogP contribution is -2.44. The lowest BCUT2D eigenvalue weighted by molar-refractivity contribution is -0.138. The number of carbonyl (C=O) groups is 2. The van der Waals surface area contributed by atoms with Crippen molar-refractivity contribution in [3.63, 3.8) is 0 Å². The van der Waals surface area contributed by atoms with Crippen LogP contribution in [-0.2, 0) is 14.3 Å². The van der Waals surface area contributed by atoms with Gasteiger partial charge in [0.1, 0.15) is 6.04 Å². The summed E-state index contributed by atoms with van der Waals surface area (Å²) in [5.41, 5.74) is 0. The van der Waals surface area contributed by atoms with Crippen LogP contribution in [0.5, 0.6) is 0 Å². The molecule has 0 saturated carbocycles. The molecule has 0 aromatic rings. The van der Waals surface area contributed by atoms with Gasteiger partial charge in [0.05, 0.1) is 13.2 Å². The van der Waals surface area contributed by atoms with Gasteiger partial charge in [-0.25, -0.2) is 4.79 Å². The number of hydrogen-bond acceptors (Lipinski definition) is 4. The molecule has 0 radical (unpaired) electrons. The summed E-state index contributed by atoms with van der Waals surface area (Å²) in [6, 6.07) is -1.35. The lowest BCUT2D eigenvalue weighted by atomic mass is 10.3. The number of rotatable bonds is 10. The van der Waals surface area contributed by atoms with Crippen molar-refractivity contribution in [2.45, 2.75) is 25.8 Å². The molecule has 106 valence electrons. The van der Waals surface area contributed by atoms with Crippen LogP contribution >= 0.6 is 0 Å². The van der Waals surface area contributed by atoms with Crippen LogP contribution in [0.25, 0.3) is 0 Å². The maximum absolute atomic E-state index is 11.2. The summed E-state index contributed by atoms with van der Waals surface area (Å²) in [5.74, 6) is -1.06. The third-order valence-electron chi connectivity index (χ3n) is 2.15. The zero-order valence-corrected chi connectivity index (χ0v) is 10.9. The largest absolute Gasteiger partial charge is 0.480 e. The maximum atomic E-state index is 11.2. The monoisotopic (exact) mass is 262 g/mol. The number of carbonyl (C=O) groups excluding carboxylic acids is 1. The van der Waals surface area contributed by atoms with E-state index in [2.05, 4.69) is 10.6 Å². The number of methoxy groups -OCH3 is 1. The van der Waals surface area contributed by atoms with Crippen molar-refractivity contribution >= 4 is 12.0 Å². The van der Waals surface area contributed by atoms with Crippen LogP contribution < -0.4 is 10.6 Å². The Morgan fingerprint density at radius 2 is 1.94 bits per heavy atom. The number of hydrogen-bond donors (Lipinski definition) is 3. The molecule has 0 aliphatic rings. The summed E-state index contributed by atoms with van der Waals surface area (Å²) in [6.45, 7) is 3.67. The van der Waals surface area contributed by atoms with E-state index in [4.69, 9.17) is 14.6 Å². The minimum atomic E-state index is -1.06. The highest BCUT2D eigenvalue weighted by molar-refractivity contribution is 5.82. The summed E-state index contributed by atoms with van der Waals surface area (Å²) in [6.07, 6.45) is 1.61. The Bertz CT molecular complexity index is 248. The van der Waals surface area contributed by atoms with Crippen LogP contribution in [0.1, 0.15) is 19.8 Å². The van der Waals surface area contributed by atoms with Gasteiger partial charge in [0.25, 0.3) is 0 Å². The topological polar surface area (TPSA) is 96.9 Å². The van der Waals surface area contributed by atoms with Crippen LogP contribution in [0.4, 0.5) is 4.79 Å². The molecule has 18 heavy (non-hydrogen) atoms. The van der Waals surface area contributed by atoms with Gasteiger partial charge in [-0.15, -0.1) is 0 Å².